The fraction of sp³-hybridized carbons (Fsp3) is 0.429. The Kier molecular flexibility index (Phi) is 4.21. The zero-order valence-corrected chi connectivity index (χ0v) is 11.6. The summed E-state index contributed by atoms with van der Waals surface area (Å²) in [5.41, 5.74) is 0.928. The minimum Gasteiger partial charge on any atom is -0.481 e. The first kappa shape index (κ1) is 15.0. The fourth-order valence-electron chi connectivity index (χ4n) is 2.50. The van der Waals surface area contributed by atoms with Crippen molar-refractivity contribution in [2.45, 2.75) is 19.8 Å². The Hall–Kier alpha value is -2.44. The van der Waals surface area contributed by atoms with Crippen LogP contribution in [0.15, 0.2) is 18.2 Å². The molecule has 0 atom stereocenters. The lowest BCUT2D eigenvalue weighted by Gasteiger charge is -2.30. The topological polar surface area (TPSA) is 101 Å². The first-order chi connectivity index (χ1) is 9.90. The SMILES string of the molecule is Cc1cc([N+](=O)[O-])ccc1C(=O)N1CCC(C(=O)O)CC1. The normalized spacial score (nSPS) is 15.8. The molecule has 0 unspecified atom stereocenters. The van der Waals surface area contributed by atoms with Crippen molar-refractivity contribution in [3.63, 3.8) is 0 Å². The van der Waals surface area contributed by atoms with Crippen molar-refractivity contribution in [3.8, 4) is 0 Å². The summed E-state index contributed by atoms with van der Waals surface area (Å²) >= 11 is 0. The maximum Gasteiger partial charge on any atom is 0.306 e. The lowest BCUT2D eigenvalue weighted by atomic mass is 9.96. The molecule has 1 fully saturated rings. The third kappa shape index (κ3) is 3.18. The van der Waals surface area contributed by atoms with Gasteiger partial charge in [-0.2, -0.15) is 0 Å². The van der Waals surface area contributed by atoms with Gasteiger partial charge in [0.2, 0.25) is 0 Å². The first-order valence-electron chi connectivity index (χ1n) is 6.67. The summed E-state index contributed by atoms with van der Waals surface area (Å²) in [6.07, 6.45) is 0.875. The van der Waals surface area contributed by atoms with Crippen LogP contribution in [0.5, 0.6) is 0 Å². The van der Waals surface area contributed by atoms with Crippen LogP contribution in [0.3, 0.4) is 0 Å². The molecule has 1 aromatic carbocycles. The van der Waals surface area contributed by atoms with Crippen molar-refractivity contribution < 1.29 is 19.6 Å². The number of aryl methyl sites for hydroxylation is 1. The average molecular weight is 292 g/mol. The smallest absolute Gasteiger partial charge is 0.306 e. The van der Waals surface area contributed by atoms with Crippen molar-refractivity contribution in [1.29, 1.82) is 0 Å². The molecule has 1 saturated heterocycles. The second-order valence-electron chi connectivity index (χ2n) is 5.16. The molecule has 112 valence electrons. The van der Waals surface area contributed by atoms with Crippen LogP contribution in [-0.4, -0.2) is 39.9 Å². The standard InChI is InChI=1S/C14H16N2O5/c1-9-8-11(16(20)21)2-3-12(9)13(17)15-6-4-10(5-7-15)14(18)19/h2-3,8,10H,4-7H2,1H3,(H,18,19). The highest BCUT2D eigenvalue weighted by Gasteiger charge is 2.28. The van der Waals surface area contributed by atoms with Crippen LogP contribution in [-0.2, 0) is 4.79 Å². The van der Waals surface area contributed by atoms with Crippen molar-refractivity contribution in [2.75, 3.05) is 13.1 Å². The maximum atomic E-state index is 12.4. The van der Waals surface area contributed by atoms with Crippen LogP contribution in [0, 0.1) is 23.0 Å². The largest absolute Gasteiger partial charge is 0.481 e. The van der Waals surface area contributed by atoms with Crippen molar-refractivity contribution in [2.24, 2.45) is 5.92 Å². The van der Waals surface area contributed by atoms with E-state index in [0.717, 1.165) is 0 Å². The summed E-state index contributed by atoms with van der Waals surface area (Å²) in [4.78, 5) is 35.1. The quantitative estimate of drug-likeness (QED) is 0.676. The number of hydrogen-bond donors (Lipinski definition) is 1. The van der Waals surface area contributed by atoms with Gasteiger partial charge in [-0.1, -0.05) is 0 Å². The van der Waals surface area contributed by atoms with Gasteiger partial charge in [0.1, 0.15) is 0 Å². The highest BCUT2D eigenvalue weighted by molar-refractivity contribution is 5.96. The molecule has 7 nitrogen and oxygen atoms in total. The second-order valence-corrected chi connectivity index (χ2v) is 5.16. The summed E-state index contributed by atoms with van der Waals surface area (Å²) in [7, 11) is 0. The van der Waals surface area contributed by atoms with Gasteiger partial charge in [0.25, 0.3) is 11.6 Å². The van der Waals surface area contributed by atoms with Gasteiger partial charge in [-0.15, -0.1) is 0 Å². The number of nitro benzene ring substituents is 1. The molecule has 0 aliphatic carbocycles. The molecular weight excluding hydrogens is 276 g/mol. The summed E-state index contributed by atoms with van der Waals surface area (Å²) in [5.74, 6) is -1.42. The molecule has 0 spiro atoms. The van der Waals surface area contributed by atoms with E-state index in [2.05, 4.69) is 0 Å². The number of non-ortho nitro benzene ring substituents is 1. The van der Waals surface area contributed by atoms with Gasteiger partial charge in [-0.3, -0.25) is 19.7 Å². The predicted octanol–water partition coefficient (Wildman–Crippen LogP) is 1.84. The van der Waals surface area contributed by atoms with Gasteiger partial charge in [0.05, 0.1) is 10.8 Å². The second kappa shape index (κ2) is 5.90. The molecule has 1 aromatic rings. The number of piperidine rings is 1. The van der Waals surface area contributed by atoms with E-state index in [1.807, 2.05) is 0 Å². The fourth-order valence-corrected chi connectivity index (χ4v) is 2.50. The number of carbonyl (C=O) groups excluding carboxylic acids is 1. The molecule has 1 amide bonds. The molecule has 0 radical (unpaired) electrons. The van der Waals surface area contributed by atoms with Crippen molar-refractivity contribution in [3.05, 3.63) is 39.4 Å². The number of benzene rings is 1. The highest BCUT2D eigenvalue weighted by Crippen LogP contribution is 2.22. The summed E-state index contributed by atoms with van der Waals surface area (Å²) in [6.45, 7) is 2.45. The Bertz CT molecular complexity index is 591. The number of nitro groups is 1. The molecule has 2 rings (SSSR count). The molecule has 0 aromatic heterocycles. The number of carboxylic acid groups (broad SMARTS) is 1. The van der Waals surface area contributed by atoms with Gasteiger partial charge in [0.15, 0.2) is 0 Å². The Labute approximate surface area is 121 Å². The number of carboxylic acids is 1. The average Bonchev–Trinajstić information content (AvgIpc) is 2.46. The van der Waals surface area contributed by atoms with Crippen LogP contribution < -0.4 is 0 Å². The molecule has 0 saturated carbocycles. The Morgan fingerprint density at radius 1 is 1.33 bits per heavy atom. The minimum atomic E-state index is -0.825. The molecule has 1 N–H and O–H groups in total. The summed E-state index contributed by atoms with van der Waals surface area (Å²) < 4.78 is 0. The number of nitrogens with zero attached hydrogens (tertiary/aromatic N) is 2. The number of hydrogen-bond acceptors (Lipinski definition) is 4. The Balaban J connectivity index is 2.11. The zero-order chi connectivity index (χ0) is 15.6. The molecule has 0 bridgehead atoms. The monoisotopic (exact) mass is 292 g/mol. The highest BCUT2D eigenvalue weighted by atomic mass is 16.6. The lowest BCUT2D eigenvalue weighted by molar-refractivity contribution is -0.384. The van der Waals surface area contributed by atoms with Crippen LogP contribution >= 0.6 is 0 Å². The molecule has 1 aliphatic heterocycles. The lowest BCUT2D eigenvalue weighted by Crippen LogP contribution is -2.40. The van der Waals surface area contributed by atoms with E-state index in [9.17, 15) is 19.7 Å². The molecular formula is C14H16N2O5. The minimum absolute atomic E-state index is 0.0476. The maximum absolute atomic E-state index is 12.4. The van der Waals surface area contributed by atoms with E-state index >= 15 is 0 Å². The van der Waals surface area contributed by atoms with Crippen LogP contribution in [0.4, 0.5) is 5.69 Å². The van der Waals surface area contributed by atoms with E-state index in [1.165, 1.54) is 18.2 Å². The van der Waals surface area contributed by atoms with E-state index < -0.39 is 16.8 Å². The summed E-state index contributed by atoms with van der Waals surface area (Å²) in [6, 6.07) is 4.14. The van der Waals surface area contributed by atoms with Crippen LogP contribution in [0.2, 0.25) is 0 Å². The Morgan fingerprint density at radius 2 is 1.95 bits per heavy atom. The van der Waals surface area contributed by atoms with E-state index in [4.69, 9.17) is 5.11 Å². The van der Waals surface area contributed by atoms with Crippen LogP contribution in [0.1, 0.15) is 28.8 Å². The molecule has 1 heterocycles. The van der Waals surface area contributed by atoms with Crippen molar-refractivity contribution >= 4 is 17.6 Å². The number of carbonyl (C=O) groups is 2. The van der Waals surface area contributed by atoms with Crippen molar-refractivity contribution in [1.82, 2.24) is 4.90 Å². The van der Waals surface area contributed by atoms with Gasteiger partial charge >= 0.3 is 5.97 Å². The van der Waals surface area contributed by atoms with Gasteiger partial charge in [-0.25, -0.2) is 0 Å². The number of aliphatic carboxylic acids is 1. The molecule has 1 aliphatic rings. The van der Waals surface area contributed by atoms with Gasteiger partial charge < -0.3 is 10.0 Å². The van der Waals surface area contributed by atoms with E-state index in [0.29, 0.717) is 37.1 Å². The Morgan fingerprint density at radius 3 is 2.43 bits per heavy atom. The molecule has 21 heavy (non-hydrogen) atoms. The zero-order valence-electron chi connectivity index (χ0n) is 11.6. The third-order valence-corrected chi connectivity index (χ3v) is 3.78. The van der Waals surface area contributed by atoms with Gasteiger partial charge in [0, 0.05) is 30.8 Å². The third-order valence-electron chi connectivity index (χ3n) is 3.78. The predicted molar refractivity (Wildman–Crippen MR) is 74.1 cm³/mol. The summed E-state index contributed by atoms with van der Waals surface area (Å²) in [5, 5.41) is 19.6. The number of amides is 1. The van der Waals surface area contributed by atoms with E-state index in [1.54, 1.807) is 11.8 Å². The first-order valence-corrected chi connectivity index (χ1v) is 6.67. The van der Waals surface area contributed by atoms with E-state index in [-0.39, 0.29) is 11.6 Å². The number of rotatable bonds is 3. The van der Waals surface area contributed by atoms with Crippen LogP contribution in [0.25, 0.3) is 0 Å². The number of likely N-dealkylation sites (tertiary alicyclic amines) is 1. The van der Waals surface area contributed by atoms with Gasteiger partial charge in [-0.05, 0) is 31.4 Å². The molecule has 7 heteroatoms.